The van der Waals surface area contributed by atoms with Gasteiger partial charge >= 0.3 is 0 Å². The van der Waals surface area contributed by atoms with E-state index in [0.717, 1.165) is 43.9 Å². The molecule has 0 bridgehead atoms. The van der Waals surface area contributed by atoms with E-state index >= 15 is 0 Å². The minimum Gasteiger partial charge on any atom is -0.497 e. The van der Waals surface area contributed by atoms with E-state index in [1.54, 1.807) is 7.11 Å². The average Bonchev–Trinajstić information content (AvgIpc) is 2.63. The van der Waals surface area contributed by atoms with Gasteiger partial charge in [-0.05, 0) is 44.3 Å². The van der Waals surface area contributed by atoms with Gasteiger partial charge in [-0.1, -0.05) is 0 Å². The smallest absolute Gasteiger partial charge is 0.253 e. The van der Waals surface area contributed by atoms with Crippen LogP contribution < -0.4 is 4.74 Å². The van der Waals surface area contributed by atoms with Crippen molar-refractivity contribution in [2.45, 2.75) is 6.42 Å². The molecule has 0 unspecified atom stereocenters. The fourth-order valence-electron chi connectivity index (χ4n) is 2.17. The molecular formula is C14H20N2O2. The van der Waals surface area contributed by atoms with Crippen LogP contribution in [0.3, 0.4) is 0 Å². The van der Waals surface area contributed by atoms with Crippen molar-refractivity contribution in [2.75, 3.05) is 40.3 Å². The number of likely N-dealkylation sites (N-methyl/N-ethyl adjacent to an activating group) is 1. The molecular weight excluding hydrogens is 228 g/mol. The van der Waals surface area contributed by atoms with E-state index in [1.165, 1.54) is 0 Å². The van der Waals surface area contributed by atoms with Crippen molar-refractivity contribution in [1.82, 2.24) is 9.80 Å². The van der Waals surface area contributed by atoms with E-state index in [-0.39, 0.29) is 5.91 Å². The summed E-state index contributed by atoms with van der Waals surface area (Å²) in [6.07, 6.45) is 1.04. The number of ether oxygens (including phenoxy) is 1. The first-order chi connectivity index (χ1) is 8.70. The van der Waals surface area contributed by atoms with Gasteiger partial charge < -0.3 is 14.5 Å². The Morgan fingerprint density at radius 2 is 1.83 bits per heavy atom. The van der Waals surface area contributed by atoms with E-state index in [2.05, 4.69) is 11.9 Å². The molecule has 1 saturated heterocycles. The number of amides is 1. The highest BCUT2D eigenvalue weighted by molar-refractivity contribution is 5.94. The van der Waals surface area contributed by atoms with E-state index in [4.69, 9.17) is 4.74 Å². The van der Waals surface area contributed by atoms with Crippen LogP contribution in [0.2, 0.25) is 0 Å². The van der Waals surface area contributed by atoms with Crippen molar-refractivity contribution in [2.24, 2.45) is 0 Å². The molecule has 1 amide bonds. The van der Waals surface area contributed by atoms with Crippen LogP contribution in [0.4, 0.5) is 0 Å². The summed E-state index contributed by atoms with van der Waals surface area (Å²) in [4.78, 5) is 16.5. The molecule has 1 aliphatic heterocycles. The minimum absolute atomic E-state index is 0.118. The Morgan fingerprint density at radius 3 is 2.50 bits per heavy atom. The Kier molecular flexibility index (Phi) is 4.20. The highest BCUT2D eigenvalue weighted by Crippen LogP contribution is 2.14. The summed E-state index contributed by atoms with van der Waals surface area (Å²) in [5, 5.41) is 0. The zero-order valence-electron chi connectivity index (χ0n) is 11.1. The van der Waals surface area contributed by atoms with Crippen molar-refractivity contribution < 1.29 is 9.53 Å². The maximum Gasteiger partial charge on any atom is 0.253 e. The van der Waals surface area contributed by atoms with Crippen LogP contribution in [0.5, 0.6) is 5.75 Å². The lowest BCUT2D eigenvalue weighted by Gasteiger charge is -2.20. The first-order valence-electron chi connectivity index (χ1n) is 6.32. The van der Waals surface area contributed by atoms with Gasteiger partial charge in [-0.15, -0.1) is 0 Å². The summed E-state index contributed by atoms with van der Waals surface area (Å²) in [5.41, 5.74) is 0.736. The number of carbonyl (C=O) groups excluding carboxylic acids is 1. The Bertz CT molecular complexity index is 403. The van der Waals surface area contributed by atoms with Crippen LogP contribution in [-0.2, 0) is 0 Å². The predicted molar refractivity (Wildman–Crippen MR) is 71.0 cm³/mol. The fraction of sp³-hybridized carbons (Fsp3) is 0.500. The molecule has 4 nitrogen and oxygen atoms in total. The molecule has 98 valence electrons. The van der Waals surface area contributed by atoms with Crippen LogP contribution in [0.25, 0.3) is 0 Å². The Hall–Kier alpha value is -1.55. The van der Waals surface area contributed by atoms with E-state index < -0.39 is 0 Å². The van der Waals surface area contributed by atoms with Gasteiger partial charge in [0.25, 0.3) is 5.91 Å². The van der Waals surface area contributed by atoms with Crippen LogP contribution in [-0.4, -0.2) is 56.0 Å². The molecule has 0 atom stereocenters. The van der Waals surface area contributed by atoms with Gasteiger partial charge in [0, 0.05) is 25.2 Å². The monoisotopic (exact) mass is 248 g/mol. The molecule has 0 spiro atoms. The molecule has 1 aromatic rings. The van der Waals surface area contributed by atoms with E-state index in [1.807, 2.05) is 29.2 Å². The molecule has 1 aliphatic rings. The lowest BCUT2D eigenvalue weighted by molar-refractivity contribution is 0.0763. The van der Waals surface area contributed by atoms with Crippen LogP contribution in [0, 0.1) is 0 Å². The number of hydrogen-bond acceptors (Lipinski definition) is 3. The number of rotatable bonds is 2. The first kappa shape index (κ1) is 12.9. The minimum atomic E-state index is 0.118. The number of hydrogen-bond donors (Lipinski definition) is 0. The molecule has 1 aromatic carbocycles. The molecule has 4 heteroatoms. The van der Waals surface area contributed by atoms with Crippen molar-refractivity contribution in [3.05, 3.63) is 29.8 Å². The van der Waals surface area contributed by atoms with Gasteiger partial charge in [0.1, 0.15) is 5.75 Å². The van der Waals surface area contributed by atoms with Crippen molar-refractivity contribution in [3.63, 3.8) is 0 Å². The first-order valence-corrected chi connectivity index (χ1v) is 6.32. The highest BCUT2D eigenvalue weighted by atomic mass is 16.5. The number of nitrogens with zero attached hydrogens (tertiary/aromatic N) is 2. The summed E-state index contributed by atoms with van der Waals surface area (Å²) in [7, 11) is 3.73. The molecule has 1 fully saturated rings. The van der Waals surface area contributed by atoms with Crippen molar-refractivity contribution >= 4 is 5.91 Å². The molecule has 0 N–H and O–H groups in total. The maximum atomic E-state index is 12.3. The fourth-order valence-corrected chi connectivity index (χ4v) is 2.17. The van der Waals surface area contributed by atoms with Gasteiger partial charge in [0.05, 0.1) is 7.11 Å². The summed E-state index contributed by atoms with van der Waals surface area (Å²) in [6.45, 7) is 3.66. The zero-order chi connectivity index (χ0) is 13.0. The normalized spacial score (nSPS) is 17.3. The zero-order valence-corrected chi connectivity index (χ0v) is 11.1. The third-order valence-electron chi connectivity index (χ3n) is 3.34. The second-order valence-electron chi connectivity index (χ2n) is 4.68. The second kappa shape index (κ2) is 5.87. The van der Waals surface area contributed by atoms with Crippen LogP contribution in [0.15, 0.2) is 24.3 Å². The van der Waals surface area contributed by atoms with Gasteiger partial charge in [-0.3, -0.25) is 4.79 Å². The van der Waals surface area contributed by atoms with Crippen molar-refractivity contribution in [1.29, 1.82) is 0 Å². The Morgan fingerprint density at radius 1 is 1.11 bits per heavy atom. The largest absolute Gasteiger partial charge is 0.497 e. The van der Waals surface area contributed by atoms with Gasteiger partial charge in [-0.25, -0.2) is 0 Å². The summed E-state index contributed by atoms with van der Waals surface area (Å²) in [5.74, 6) is 0.898. The number of methoxy groups -OCH3 is 1. The summed E-state index contributed by atoms with van der Waals surface area (Å²) < 4.78 is 5.10. The van der Waals surface area contributed by atoms with Crippen LogP contribution >= 0.6 is 0 Å². The molecule has 0 saturated carbocycles. The SMILES string of the molecule is COc1ccc(C(=O)N2CCCN(C)CC2)cc1. The van der Waals surface area contributed by atoms with Gasteiger partial charge in [0.15, 0.2) is 0 Å². The molecule has 0 aliphatic carbocycles. The van der Waals surface area contributed by atoms with Crippen LogP contribution in [0.1, 0.15) is 16.8 Å². The molecule has 0 aromatic heterocycles. The summed E-state index contributed by atoms with van der Waals surface area (Å²) >= 11 is 0. The lowest BCUT2D eigenvalue weighted by Crippen LogP contribution is -2.34. The maximum absolute atomic E-state index is 12.3. The number of benzene rings is 1. The third kappa shape index (κ3) is 3.01. The molecule has 0 radical (unpaired) electrons. The molecule has 2 rings (SSSR count). The second-order valence-corrected chi connectivity index (χ2v) is 4.68. The molecule has 1 heterocycles. The highest BCUT2D eigenvalue weighted by Gasteiger charge is 2.18. The van der Waals surface area contributed by atoms with E-state index in [9.17, 15) is 4.79 Å². The Labute approximate surface area is 108 Å². The third-order valence-corrected chi connectivity index (χ3v) is 3.34. The average molecular weight is 248 g/mol. The lowest BCUT2D eigenvalue weighted by atomic mass is 10.2. The van der Waals surface area contributed by atoms with Gasteiger partial charge in [0.2, 0.25) is 0 Å². The quantitative estimate of drug-likeness (QED) is 0.794. The predicted octanol–water partition coefficient (Wildman–Crippen LogP) is 1.47. The molecule has 18 heavy (non-hydrogen) atoms. The van der Waals surface area contributed by atoms with Gasteiger partial charge in [-0.2, -0.15) is 0 Å². The summed E-state index contributed by atoms with van der Waals surface area (Å²) in [6, 6.07) is 7.32. The Balaban J connectivity index is 2.05. The number of carbonyl (C=O) groups is 1. The topological polar surface area (TPSA) is 32.8 Å². The van der Waals surface area contributed by atoms with E-state index in [0.29, 0.717) is 0 Å². The standard InChI is InChI=1S/C14H20N2O2/c1-15-8-3-9-16(11-10-15)14(17)12-4-6-13(18-2)7-5-12/h4-7H,3,8-11H2,1-2H3. The van der Waals surface area contributed by atoms with Crippen molar-refractivity contribution in [3.8, 4) is 5.75 Å².